The Morgan fingerprint density at radius 1 is 1.21 bits per heavy atom. The third-order valence-electron chi connectivity index (χ3n) is 5.56. The van der Waals surface area contributed by atoms with Crippen LogP contribution in [0.5, 0.6) is 0 Å². The number of nitrogens with one attached hydrogen (secondary N) is 1. The third kappa shape index (κ3) is 3.91. The third-order valence-corrected chi connectivity index (χ3v) is 6.66. The molecule has 4 aromatic heterocycles. The average molecular weight is 491 g/mol. The van der Waals surface area contributed by atoms with Crippen LogP contribution in [-0.4, -0.2) is 36.4 Å². The molecule has 4 rings (SSSR count). The normalized spacial score (nSPS) is 12.8. The van der Waals surface area contributed by atoms with Crippen molar-refractivity contribution in [1.29, 1.82) is 0 Å². The number of fused-ring (bicyclic) bond motifs is 1. The second kappa shape index (κ2) is 8.24. The first kappa shape index (κ1) is 23.4. The fourth-order valence-electron chi connectivity index (χ4n) is 3.64. The van der Waals surface area contributed by atoms with Crippen LogP contribution in [0, 0.1) is 13.8 Å². The quantitative estimate of drug-likeness (QED) is 0.440. The number of hydrogen-bond donors (Lipinski definition) is 2. The lowest BCUT2D eigenvalue weighted by molar-refractivity contribution is -0.140. The van der Waals surface area contributed by atoms with Gasteiger partial charge in [0.25, 0.3) is 5.91 Å². The van der Waals surface area contributed by atoms with E-state index in [2.05, 4.69) is 20.5 Å². The van der Waals surface area contributed by atoms with Crippen molar-refractivity contribution in [3.8, 4) is 11.1 Å². The molecule has 2 amide bonds. The second-order valence-electron chi connectivity index (χ2n) is 7.75. The predicted octanol–water partition coefficient (Wildman–Crippen LogP) is 3.83. The molecular formula is C21H20F3N7O2S. The van der Waals surface area contributed by atoms with Crippen LogP contribution in [-0.2, 0) is 18.0 Å². The Bertz CT molecular complexity index is 1430. The number of alkyl halides is 3. The van der Waals surface area contributed by atoms with E-state index in [0.717, 1.165) is 11.8 Å². The van der Waals surface area contributed by atoms with Gasteiger partial charge in [-0.1, -0.05) is 0 Å². The van der Waals surface area contributed by atoms with Gasteiger partial charge in [0.1, 0.15) is 21.4 Å². The number of nitrogens with two attached hydrogens (primary N) is 1. The largest absolute Gasteiger partial charge is 0.433 e. The van der Waals surface area contributed by atoms with E-state index in [1.165, 1.54) is 15.6 Å². The minimum Gasteiger partial charge on any atom is -0.365 e. The zero-order chi connectivity index (χ0) is 24.9. The Hall–Kier alpha value is -3.74. The Morgan fingerprint density at radius 3 is 2.44 bits per heavy atom. The van der Waals surface area contributed by atoms with Crippen molar-refractivity contribution in [2.75, 3.05) is 5.32 Å². The first-order valence-electron chi connectivity index (χ1n) is 10.0. The van der Waals surface area contributed by atoms with Crippen LogP contribution < -0.4 is 11.1 Å². The van der Waals surface area contributed by atoms with E-state index in [9.17, 15) is 22.8 Å². The first-order valence-corrected chi connectivity index (χ1v) is 10.9. The molecule has 1 unspecified atom stereocenters. The standard InChI is InChI=1S/C21H20F3N7O2S/c1-9-5-6-26-31(9)11(3)19(33)29-16-15-12(13-8-27-30(4)10(13)2)7-14(21(22,23)24)28-20(15)34-17(16)18(25)32/h5-8,11H,1-4H3,(H2,25,32)(H,29,33). The lowest BCUT2D eigenvalue weighted by Crippen LogP contribution is -2.26. The molecule has 0 bridgehead atoms. The lowest BCUT2D eigenvalue weighted by atomic mass is 10.0. The maximum Gasteiger partial charge on any atom is 0.433 e. The number of pyridine rings is 1. The van der Waals surface area contributed by atoms with Crippen molar-refractivity contribution in [2.24, 2.45) is 12.8 Å². The number of halogens is 3. The van der Waals surface area contributed by atoms with Crippen LogP contribution in [0.3, 0.4) is 0 Å². The Balaban J connectivity index is 1.96. The highest BCUT2D eigenvalue weighted by molar-refractivity contribution is 7.21. The van der Waals surface area contributed by atoms with Gasteiger partial charge in [0.2, 0.25) is 5.91 Å². The van der Waals surface area contributed by atoms with Gasteiger partial charge in [-0.3, -0.25) is 19.0 Å². The molecule has 0 radical (unpaired) electrons. The second-order valence-corrected chi connectivity index (χ2v) is 8.75. The van der Waals surface area contributed by atoms with Crippen LogP contribution in [0.1, 0.15) is 39.7 Å². The number of hydrogen-bond acceptors (Lipinski definition) is 6. The summed E-state index contributed by atoms with van der Waals surface area (Å²) in [6, 6.07) is 1.85. The summed E-state index contributed by atoms with van der Waals surface area (Å²) >= 11 is 0.688. The molecule has 1 atom stereocenters. The van der Waals surface area contributed by atoms with Crippen molar-refractivity contribution in [3.05, 3.63) is 46.5 Å². The molecule has 178 valence electrons. The van der Waals surface area contributed by atoms with Gasteiger partial charge in [0, 0.05) is 35.6 Å². The van der Waals surface area contributed by atoms with Gasteiger partial charge < -0.3 is 11.1 Å². The minimum absolute atomic E-state index is 0.00800. The van der Waals surface area contributed by atoms with E-state index in [0.29, 0.717) is 22.6 Å². The predicted molar refractivity (Wildman–Crippen MR) is 120 cm³/mol. The molecule has 13 heteroatoms. The van der Waals surface area contributed by atoms with E-state index in [4.69, 9.17) is 5.73 Å². The molecular weight excluding hydrogens is 471 g/mol. The Labute approximate surface area is 195 Å². The summed E-state index contributed by atoms with van der Waals surface area (Å²) in [5.41, 5.74) is 6.26. The molecule has 0 fully saturated rings. The van der Waals surface area contributed by atoms with Gasteiger partial charge in [0.05, 0.1) is 11.9 Å². The van der Waals surface area contributed by atoms with E-state index in [1.54, 1.807) is 40.1 Å². The zero-order valence-electron chi connectivity index (χ0n) is 18.6. The van der Waals surface area contributed by atoms with E-state index in [-0.39, 0.29) is 26.3 Å². The molecule has 4 aromatic rings. The summed E-state index contributed by atoms with van der Waals surface area (Å²) in [6.07, 6.45) is -1.77. The monoisotopic (exact) mass is 491 g/mol. The van der Waals surface area contributed by atoms with E-state index >= 15 is 0 Å². The number of thiophene rings is 1. The molecule has 0 saturated carbocycles. The number of nitrogens with zero attached hydrogens (tertiary/aromatic N) is 5. The SMILES string of the molecule is Cc1c(-c2cc(C(F)(F)F)nc3sc(C(N)=O)c(NC(=O)C(C)n4nccc4C)c23)cnn1C. The van der Waals surface area contributed by atoms with Crippen molar-refractivity contribution >= 4 is 39.1 Å². The summed E-state index contributed by atoms with van der Waals surface area (Å²) in [4.78, 5) is 28.9. The molecule has 0 saturated heterocycles. The number of primary amides is 1. The minimum atomic E-state index is -4.73. The lowest BCUT2D eigenvalue weighted by Gasteiger charge is -2.16. The highest BCUT2D eigenvalue weighted by atomic mass is 32.1. The van der Waals surface area contributed by atoms with Crippen molar-refractivity contribution < 1.29 is 22.8 Å². The summed E-state index contributed by atoms with van der Waals surface area (Å²) in [5.74, 6) is -1.42. The van der Waals surface area contributed by atoms with Crippen LogP contribution in [0.2, 0.25) is 0 Å². The Morgan fingerprint density at radius 2 is 1.91 bits per heavy atom. The van der Waals surface area contributed by atoms with Crippen LogP contribution in [0.4, 0.5) is 18.9 Å². The summed E-state index contributed by atoms with van der Waals surface area (Å²) in [5, 5.41) is 11.1. The molecule has 0 aliphatic heterocycles. The number of aryl methyl sites for hydroxylation is 2. The molecule has 0 aliphatic carbocycles. The number of amides is 2. The van der Waals surface area contributed by atoms with Gasteiger partial charge in [0.15, 0.2) is 0 Å². The number of carbonyl (C=O) groups excluding carboxylic acids is 2. The van der Waals surface area contributed by atoms with Gasteiger partial charge >= 0.3 is 6.18 Å². The van der Waals surface area contributed by atoms with E-state index in [1.807, 2.05) is 0 Å². The fraction of sp³-hybridized carbons (Fsp3) is 0.286. The van der Waals surface area contributed by atoms with Gasteiger partial charge in [-0.25, -0.2) is 4.98 Å². The number of aromatic nitrogens is 5. The van der Waals surface area contributed by atoms with Crippen LogP contribution in [0.25, 0.3) is 21.3 Å². The molecule has 4 heterocycles. The van der Waals surface area contributed by atoms with Gasteiger partial charge in [-0.2, -0.15) is 23.4 Å². The van der Waals surface area contributed by atoms with Crippen molar-refractivity contribution in [2.45, 2.75) is 33.0 Å². The van der Waals surface area contributed by atoms with Gasteiger partial charge in [-0.15, -0.1) is 11.3 Å². The van der Waals surface area contributed by atoms with Crippen LogP contribution >= 0.6 is 11.3 Å². The molecule has 34 heavy (non-hydrogen) atoms. The maximum atomic E-state index is 13.6. The highest BCUT2D eigenvalue weighted by Gasteiger charge is 2.35. The fourth-order valence-corrected chi connectivity index (χ4v) is 4.64. The number of rotatable bonds is 5. The van der Waals surface area contributed by atoms with Gasteiger partial charge in [-0.05, 0) is 38.5 Å². The molecule has 0 spiro atoms. The van der Waals surface area contributed by atoms with E-state index < -0.39 is 29.7 Å². The van der Waals surface area contributed by atoms with Crippen molar-refractivity contribution in [3.63, 3.8) is 0 Å². The molecule has 0 aromatic carbocycles. The summed E-state index contributed by atoms with van der Waals surface area (Å²) in [7, 11) is 1.65. The molecule has 0 aliphatic rings. The molecule has 3 N–H and O–H groups in total. The average Bonchev–Trinajstić information content (AvgIpc) is 3.44. The Kier molecular flexibility index (Phi) is 5.67. The first-order chi connectivity index (χ1) is 15.9. The summed E-state index contributed by atoms with van der Waals surface area (Å²) < 4.78 is 43.9. The van der Waals surface area contributed by atoms with Crippen LogP contribution in [0.15, 0.2) is 24.5 Å². The molecule has 9 nitrogen and oxygen atoms in total. The summed E-state index contributed by atoms with van der Waals surface area (Å²) in [6.45, 7) is 5.08. The highest BCUT2D eigenvalue weighted by Crippen LogP contribution is 2.44. The number of anilines is 1. The topological polar surface area (TPSA) is 121 Å². The maximum absolute atomic E-state index is 13.6. The number of carbonyl (C=O) groups is 2. The zero-order valence-corrected chi connectivity index (χ0v) is 19.4. The van der Waals surface area contributed by atoms with Crippen molar-refractivity contribution in [1.82, 2.24) is 24.5 Å². The smallest absolute Gasteiger partial charge is 0.365 e.